The van der Waals surface area contributed by atoms with Gasteiger partial charge in [0.15, 0.2) is 6.10 Å². The number of benzene rings is 5. The van der Waals surface area contributed by atoms with Crippen LogP contribution in [0.25, 0.3) is 28.1 Å². The molecule has 5 aromatic carbocycles. The van der Waals surface area contributed by atoms with Crippen LogP contribution in [0, 0.1) is 0 Å². The number of amides is 1. The largest absolute Gasteiger partial charge is 0.489 e. The van der Waals surface area contributed by atoms with E-state index in [1.807, 2.05) is 134 Å². The Morgan fingerprint density at radius 3 is 2.02 bits per heavy atom. The van der Waals surface area contributed by atoms with E-state index in [9.17, 15) is 4.79 Å². The number of carbonyl (C=O) groups excluding carboxylic acids is 1. The number of ether oxygens (including phenoxy) is 2. The molecule has 0 saturated carbocycles. The van der Waals surface area contributed by atoms with Crippen LogP contribution in [0.2, 0.25) is 0 Å². The highest BCUT2D eigenvalue weighted by molar-refractivity contribution is 5.90. The average Bonchev–Trinajstić information content (AvgIpc) is 3.53. The molecule has 1 N–H and O–H groups in total. The maximum Gasteiger partial charge on any atom is 0.280 e. The Morgan fingerprint density at radius 1 is 0.756 bits per heavy atom. The first kappa shape index (κ1) is 29.1. The van der Waals surface area contributed by atoms with E-state index >= 15 is 0 Å². The van der Waals surface area contributed by atoms with Gasteiger partial charge in [0.1, 0.15) is 23.8 Å². The van der Waals surface area contributed by atoms with Gasteiger partial charge in [-0.3, -0.25) is 4.79 Å². The second-order valence-corrected chi connectivity index (χ2v) is 10.4. The fraction of sp³-hybridized carbons (Fsp3) is 0.0789. The van der Waals surface area contributed by atoms with Crippen LogP contribution < -0.4 is 14.9 Å². The zero-order chi connectivity index (χ0) is 30.8. The number of hydrogen-bond donors (Lipinski definition) is 1. The van der Waals surface area contributed by atoms with Gasteiger partial charge in [0.05, 0.1) is 11.9 Å². The highest BCUT2D eigenvalue weighted by Crippen LogP contribution is 2.26. The lowest BCUT2D eigenvalue weighted by molar-refractivity contribution is -0.127. The van der Waals surface area contributed by atoms with Crippen LogP contribution in [0.1, 0.15) is 18.1 Å². The Kier molecular flexibility index (Phi) is 9.07. The van der Waals surface area contributed by atoms with Crippen molar-refractivity contribution in [1.82, 2.24) is 15.2 Å². The molecule has 0 bridgehead atoms. The second kappa shape index (κ2) is 14.0. The normalized spacial score (nSPS) is 11.7. The standard InChI is InChI=1S/C38H32N4O3/c1-28(45-36-23-17-31(18-24-36)30-13-7-3-8-14-30)38(43)40-39-25-33-26-42(34-15-9-4-10-16-34)41-37(33)32-19-21-35(22-20-32)44-27-29-11-5-2-6-12-29/h2-26,28H,27H2,1H3,(H,40,43)/b39-25-/t28-/m1/s1. The van der Waals surface area contributed by atoms with E-state index in [-0.39, 0.29) is 5.91 Å². The molecule has 0 aliphatic carbocycles. The predicted molar refractivity (Wildman–Crippen MR) is 177 cm³/mol. The summed E-state index contributed by atoms with van der Waals surface area (Å²) < 4.78 is 13.6. The third-order valence-corrected chi connectivity index (χ3v) is 7.16. The van der Waals surface area contributed by atoms with Gasteiger partial charge >= 0.3 is 0 Å². The van der Waals surface area contributed by atoms with Crippen molar-refractivity contribution in [2.24, 2.45) is 5.10 Å². The first-order valence-corrected chi connectivity index (χ1v) is 14.7. The number of carbonyl (C=O) groups is 1. The SMILES string of the molecule is C[C@@H](Oc1ccc(-c2ccccc2)cc1)C(=O)N/N=C\c1cn(-c2ccccc2)nc1-c1ccc(OCc2ccccc2)cc1. The summed E-state index contributed by atoms with van der Waals surface area (Å²) in [6.45, 7) is 2.18. The van der Waals surface area contributed by atoms with Crippen LogP contribution >= 0.6 is 0 Å². The van der Waals surface area contributed by atoms with Crippen molar-refractivity contribution in [2.75, 3.05) is 0 Å². The highest BCUT2D eigenvalue weighted by Gasteiger charge is 2.15. The van der Waals surface area contributed by atoms with Gasteiger partial charge in [0, 0.05) is 17.3 Å². The number of nitrogens with one attached hydrogen (secondary N) is 1. The fourth-order valence-corrected chi connectivity index (χ4v) is 4.74. The van der Waals surface area contributed by atoms with Crippen molar-refractivity contribution in [3.8, 4) is 39.6 Å². The van der Waals surface area contributed by atoms with Crippen LogP contribution in [0.5, 0.6) is 11.5 Å². The lowest BCUT2D eigenvalue weighted by Gasteiger charge is -2.13. The van der Waals surface area contributed by atoms with Crippen LogP contribution in [-0.2, 0) is 11.4 Å². The van der Waals surface area contributed by atoms with Gasteiger partial charge in [-0.05, 0) is 72.1 Å². The van der Waals surface area contributed by atoms with Gasteiger partial charge in [-0.1, -0.05) is 91.0 Å². The summed E-state index contributed by atoms with van der Waals surface area (Å²) in [5, 5.41) is 9.09. The Balaban J connectivity index is 1.13. The summed E-state index contributed by atoms with van der Waals surface area (Å²) in [4.78, 5) is 12.8. The summed E-state index contributed by atoms with van der Waals surface area (Å²) in [5.41, 5.74) is 9.15. The Bertz CT molecular complexity index is 1850. The monoisotopic (exact) mass is 592 g/mol. The van der Waals surface area contributed by atoms with Crippen molar-refractivity contribution in [3.63, 3.8) is 0 Å². The molecule has 7 nitrogen and oxygen atoms in total. The van der Waals surface area contributed by atoms with Crippen molar-refractivity contribution in [2.45, 2.75) is 19.6 Å². The van der Waals surface area contributed by atoms with Crippen molar-refractivity contribution in [1.29, 1.82) is 0 Å². The van der Waals surface area contributed by atoms with E-state index in [0.717, 1.165) is 39.3 Å². The molecule has 45 heavy (non-hydrogen) atoms. The molecule has 7 heteroatoms. The summed E-state index contributed by atoms with van der Waals surface area (Å²) >= 11 is 0. The third kappa shape index (κ3) is 7.53. The Hall–Kier alpha value is -5.95. The number of rotatable bonds is 11. The molecule has 0 spiro atoms. The van der Waals surface area contributed by atoms with E-state index < -0.39 is 6.10 Å². The summed E-state index contributed by atoms with van der Waals surface area (Å²) in [7, 11) is 0. The molecular formula is C38H32N4O3. The molecule has 6 rings (SSSR count). The molecular weight excluding hydrogens is 560 g/mol. The topological polar surface area (TPSA) is 77.7 Å². The molecule has 0 radical (unpaired) electrons. The molecule has 0 saturated heterocycles. The van der Waals surface area contributed by atoms with Crippen LogP contribution in [0.4, 0.5) is 0 Å². The van der Waals surface area contributed by atoms with Gasteiger partial charge in [-0.25, -0.2) is 10.1 Å². The first-order valence-electron chi connectivity index (χ1n) is 14.7. The molecule has 1 atom stereocenters. The van der Waals surface area contributed by atoms with E-state index in [4.69, 9.17) is 14.6 Å². The molecule has 0 aliphatic heterocycles. The van der Waals surface area contributed by atoms with E-state index in [0.29, 0.717) is 18.1 Å². The maximum absolute atomic E-state index is 12.8. The minimum atomic E-state index is -0.750. The average molecular weight is 593 g/mol. The molecule has 1 heterocycles. The zero-order valence-corrected chi connectivity index (χ0v) is 24.8. The van der Waals surface area contributed by atoms with Crippen molar-refractivity contribution in [3.05, 3.63) is 157 Å². The molecule has 222 valence electrons. The van der Waals surface area contributed by atoms with Gasteiger partial charge in [0.25, 0.3) is 5.91 Å². The van der Waals surface area contributed by atoms with Gasteiger partial charge < -0.3 is 9.47 Å². The minimum absolute atomic E-state index is 0.365. The molecule has 0 fully saturated rings. The van der Waals surface area contributed by atoms with Gasteiger partial charge in [-0.15, -0.1) is 0 Å². The lowest BCUT2D eigenvalue weighted by atomic mass is 10.1. The van der Waals surface area contributed by atoms with Crippen molar-refractivity contribution < 1.29 is 14.3 Å². The molecule has 0 unspecified atom stereocenters. The Labute approximate surface area is 262 Å². The highest BCUT2D eigenvalue weighted by atomic mass is 16.5. The quantitative estimate of drug-likeness (QED) is 0.124. The molecule has 1 aromatic heterocycles. The minimum Gasteiger partial charge on any atom is -0.489 e. The van der Waals surface area contributed by atoms with E-state index in [2.05, 4.69) is 22.7 Å². The molecule has 0 aliphatic rings. The molecule has 1 amide bonds. The van der Waals surface area contributed by atoms with Gasteiger partial charge in [-0.2, -0.15) is 10.2 Å². The van der Waals surface area contributed by atoms with Crippen LogP contribution in [0.15, 0.2) is 151 Å². The first-order chi connectivity index (χ1) is 22.1. The number of nitrogens with zero attached hydrogens (tertiary/aromatic N) is 3. The maximum atomic E-state index is 12.8. The Morgan fingerprint density at radius 2 is 1.33 bits per heavy atom. The van der Waals surface area contributed by atoms with Gasteiger partial charge in [0.2, 0.25) is 0 Å². The third-order valence-electron chi connectivity index (χ3n) is 7.16. The fourth-order valence-electron chi connectivity index (χ4n) is 4.74. The van der Waals surface area contributed by atoms with Crippen LogP contribution in [0.3, 0.4) is 0 Å². The number of aromatic nitrogens is 2. The summed E-state index contributed by atoms with van der Waals surface area (Å²) in [6.07, 6.45) is 2.73. The van der Waals surface area contributed by atoms with E-state index in [1.54, 1.807) is 17.8 Å². The predicted octanol–water partition coefficient (Wildman–Crippen LogP) is 7.70. The summed E-state index contributed by atoms with van der Waals surface area (Å²) in [6, 6.07) is 45.4. The number of hydrogen-bond acceptors (Lipinski definition) is 5. The lowest BCUT2D eigenvalue weighted by Crippen LogP contribution is -2.33. The van der Waals surface area contributed by atoms with Crippen LogP contribution in [-0.4, -0.2) is 28.0 Å². The summed E-state index contributed by atoms with van der Waals surface area (Å²) in [5.74, 6) is 0.996. The van der Waals surface area contributed by atoms with Crippen molar-refractivity contribution >= 4 is 12.1 Å². The molecule has 6 aromatic rings. The van der Waals surface area contributed by atoms with E-state index in [1.165, 1.54) is 0 Å². The smallest absolute Gasteiger partial charge is 0.280 e. The zero-order valence-electron chi connectivity index (χ0n) is 24.8. The number of para-hydroxylation sites is 1. The second-order valence-electron chi connectivity index (χ2n) is 10.4. The number of hydrazone groups is 1.